The van der Waals surface area contributed by atoms with Crippen LogP contribution >= 0.6 is 11.3 Å². The van der Waals surface area contributed by atoms with E-state index in [9.17, 15) is 0 Å². The van der Waals surface area contributed by atoms with Crippen molar-refractivity contribution in [1.29, 1.82) is 0 Å². The summed E-state index contributed by atoms with van der Waals surface area (Å²) in [7, 11) is 0. The van der Waals surface area contributed by atoms with Gasteiger partial charge in [0.15, 0.2) is 0 Å². The van der Waals surface area contributed by atoms with Gasteiger partial charge in [-0.15, -0.1) is 0 Å². The molecular formula is C15H20N2OS. The Morgan fingerprint density at radius 3 is 2.79 bits per heavy atom. The molecule has 2 aromatic heterocycles. The molecule has 102 valence electrons. The Labute approximate surface area is 118 Å². The number of pyridine rings is 1. The lowest BCUT2D eigenvalue weighted by Gasteiger charge is -2.18. The average molecular weight is 276 g/mol. The van der Waals surface area contributed by atoms with Gasteiger partial charge < -0.3 is 10.1 Å². The molecule has 0 aliphatic carbocycles. The summed E-state index contributed by atoms with van der Waals surface area (Å²) in [5.41, 5.74) is 2.41. The molecule has 1 unspecified atom stereocenters. The Morgan fingerprint density at radius 1 is 1.32 bits per heavy atom. The van der Waals surface area contributed by atoms with Gasteiger partial charge >= 0.3 is 0 Å². The van der Waals surface area contributed by atoms with Gasteiger partial charge in [-0.1, -0.05) is 6.92 Å². The molecule has 1 atom stereocenters. The fourth-order valence-corrected chi connectivity index (χ4v) is 2.69. The molecule has 3 nitrogen and oxygen atoms in total. The minimum Gasteiger partial charge on any atom is -0.489 e. The summed E-state index contributed by atoms with van der Waals surface area (Å²) in [6.07, 6.45) is 3.83. The van der Waals surface area contributed by atoms with Crippen LogP contribution in [0.2, 0.25) is 0 Å². The molecule has 0 aromatic carbocycles. The average Bonchev–Trinajstić information content (AvgIpc) is 2.89. The SMILES string of the molecule is CCNC(c1ccsc1)c1cncc(OC(C)C)c1. The number of ether oxygens (including phenoxy) is 1. The zero-order chi connectivity index (χ0) is 13.7. The van der Waals surface area contributed by atoms with E-state index < -0.39 is 0 Å². The lowest BCUT2D eigenvalue weighted by atomic mass is 10.0. The topological polar surface area (TPSA) is 34.2 Å². The molecule has 2 heterocycles. The Kier molecular flexibility index (Phi) is 4.93. The molecule has 0 amide bonds. The van der Waals surface area contributed by atoms with Gasteiger partial charge in [-0.05, 0) is 54.4 Å². The number of hydrogen-bond donors (Lipinski definition) is 1. The second kappa shape index (κ2) is 6.68. The monoisotopic (exact) mass is 276 g/mol. The number of rotatable bonds is 6. The van der Waals surface area contributed by atoms with Crippen LogP contribution in [0.5, 0.6) is 5.75 Å². The van der Waals surface area contributed by atoms with Crippen molar-refractivity contribution in [3.8, 4) is 5.75 Å². The summed E-state index contributed by atoms with van der Waals surface area (Å²) in [4.78, 5) is 4.29. The zero-order valence-corrected chi connectivity index (χ0v) is 12.4. The van der Waals surface area contributed by atoms with Gasteiger partial charge in [0.05, 0.1) is 18.3 Å². The molecule has 0 saturated heterocycles. The van der Waals surface area contributed by atoms with Crippen molar-refractivity contribution in [2.75, 3.05) is 6.54 Å². The summed E-state index contributed by atoms with van der Waals surface area (Å²) in [6, 6.07) is 4.39. The lowest BCUT2D eigenvalue weighted by molar-refractivity contribution is 0.241. The van der Waals surface area contributed by atoms with E-state index in [4.69, 9.17) is 4.74 Å². The van der Waals surface area contributed by atoms with Gasteiger partial charge in [-0.25, -0.2) is 0 Å². The van der Waals surface area contributed by atoms with Crippen LogP contribution in [0.1, 0.15) is 37.9 Å². The van der Waals surface area contributed by atoms with Gasteiger partial charge in [-0.3, -0.25) is 4.98 Å². The van der Waals surface area contributed by atoms with Gasteiger partial charge in [-0.2, -0.15) is 11.3 Å². The maximum atomic E-state index is 5.71. The molecule has 2 aromatic rings. The van der Waals surface area contributed by atoms with E-state index in [0.717, 1.165) is 17.9 Å². The number of thiophene rings is 1. The molecule has 0 aliphatic rings. The van der Waals surface area contributed by atoms with Crippen LogP contribution in [0.15, 0.2) is 35.3 Å². The molecule has 19 heavy (non-hydrogen) atoms. The third kappa shape index (κ3) is 3.78. The van der Waals surface area contributed by atoms with Crippen LogP contribution < -0.4 is 10.1 Å². The molecule has 2 rings (SSSR count). The summed E-state index contributed by atoms with van der Waals surface area (Å²) < 4.78 is 5.71. The van der Waals surface area contributed by atoms with Crippen LogP contribution in [0, 0.1) is 0 Å². The zero-order valence-electron chi connectivity index (χ0n) is 11.6. The van der Waals surface area contributed by atoms with E-state index in [2.05, 4.69) is 40.1 Å². The predicted octanol–water partition coefficient (Wildman–Crippen LogP) is 3.63. The Balaban J connectivity index is 2.26. The van der Waals surface area contributed by atoms with E-state index in [0.29, 0.717) is 0 Å². The first-order chi connectivity index (χ1) is 9.20. The predicted molar refractivity (Wildman–Crippen MR) is 79.8 cm³/mol. The highest BCUT2D eigenvalue weighted by Gasteiger charge is 2.14. The van der Waals surface area contributed by atoms with Crippen LogP contribution in [-0.4, -0.2) is 17.6 Å². The van der Waals surface area contributed by atoms with Crippen LogP contribution in [0.3, 0.4) is 0 Å². The minimum absolute atomic E-state index is 0.163. The van der Waals surface area contributed by atoms with Crippen molar-refractivity contribution in [1.82, 2.24) is 10.3 Å². The summed E-state index contributed by atoms with van der Waals surface area (Å²) in [5.74, 6) is 0.825. The maximum Gasteiger partial charge on any atom is 0.138 e. The normalized spacial score (nSPS) is 12.6. The van der Waals surface area contributed by atoms with Crippen molar-refractivity contribution in [2.24, 2.45) is 0 Å². The second-order valence-electron chi connectivity index (χ2n) is 4.67. The summed E-state index contributed by atoms with van der Waals surface area (Å²) >= 11 is 1.71. The minimum atomic E-state index is 0.163. The fourth-order valence-electron chi connectivity index (χ4n) is 2.00. The summed E-state index contributed by atoms with van der Waals surface area (Å²) in [5, 5.41) is 7.76. The van der Waals surface area contributed by atoms with Crippen LogP contribution in [0.4, 0.5) is 0 Å². The van der Waals surface area contributed by atoms with E-state index in [1.54, 1.807) is 17.5 Å². The quantitative estimate of drug-likeness (QED) is 0.875. The Hall–Kier alpha value is -1.39. The van der Waals surface area contributed by atoms with Gasteiger partial charge in [0.2, 0.25) is 0 Å². The number of hydrogen-bond acceptors (Lipinski definition) is 4. The highest BCUT2D eigenvalue weighted by molar-refractivity contribution is 7.08. The molecular weight excluding hydrogens is 256 g/mol. The lowest BCUT2D eigenvalue weighted by Crippen LogP contribution is -2.21. The molecule has 0 fully saturated rings. The van der Waals surface area contributed by atoms with E-state index in [-0.39, 0.29) is 12.1 Å². The third-order valence-electron chi connectivity index (χ3n) is 2.72. The van der Waals surface area contributed by atoms with E-state index in [1.165, 1.54) is 5.56 Å². The molecule has 0 aliphatic heterocycles. The van der Waals surface area contributed by atoms with Crippen molar-refractivity contribution in [3.63, 3.8) is 0 Å². The molecule has 4 heteroatoms. The van der Waals surface area contributed by atoms with Crippen LogP contribution in [-0.2, 0) is 0 Å². The first-order valence-corrected chi connectivity index (χ1v) is 7.52. The van der Waals surface area contributed by atoms with Gasteiger partial charge in [0.1, 0.15) is 5.75 Å². The molecule has 0 radical (unpaired) electrons. The highest BCUT2D eigenvalue weighted by Crippen LogP contribution is 2.26. The van der Waals surface area contributed by atoms with Crippen molar-refractivity contribution < 1.29 is 4.74 Å². The molecule has 0 spiro atoms. The third-order valence-corrected chi connectivity index (χ3v) is 3.43. The largest absolute Gasteiger partial charge is 0.489 e. The van der Waals surface area contributed by atoms with Gasteiger partial charge in [0.25, 0.3) is 0 Å². The highest BCUT2D eigenvalue weighted by atomic mass is 32.1. The number of nitrogens with zero attached hydrogens (tertiary/aromatic N) is 1. The van der Waals surface area contributed by atoms with Crippen molar-refractivity contribution >= 4 is 11.3 Å². The fraction of sp³-hybridized carbons (Fsp3) is 0.400. The summed E-state index contributed by atoms with van der Waals surface area (Å²) in [6.45, 7) is 7.07. The van der Waals surface area contributed by atoms with Crippen molar-refractivity contribution in [2.45, 2.75) is 32.9 Å². The van der Waals surface area contributed by atoms with Crippen molar-refractivity contribution in [3.05, 3.63) is 46.4 Å². The first-order valence-electron chi connectivity index (χ1n) is 6.57. The number of aromatic nitrogens is 1. The Bertz CT molecular complexity index is 497. The Morgan fingerprint density at radius 2 is 2.16 bits per heavy atom. The molecule has 0 saturated carbocycles. The molecule has 0 bridgehead atoms. The molecule has 1 N–H and O–H groups in total. The second-order valence-corrected chi connectivity index (χ2v) is 5.45. The smallest absolute Gasteiger partial charge is 0.138 e. The standard InChI is InChI=1S/C15H20N2OS/c1-4-17-15(12-5-6-19-10-12)13-7-14(9-16-8-13)18-11(2)3/h5-11,15,17H,4H2,1-3H3. The van der Waals surface area contributed by atoms with Crippen LogP contribution in [0.25, 0.3) is 0 Å². The first kappa shape index (κ1) is 14.0. The van der Waals surface area contributed by atoms with E-state index >= 15 is 0 Å². The van der Waals surface area contributed by atoms with Gasteiger partial charge in [0, 0.05) is 6.20 Å². The maximum absolute atomic E-state index is 5.71. The van der Waals surface area contributed by atoms with E-state index in [1.807, 2.05) is 20.0 Å². The number of nitrogens with one attached hydrogen (secondary N) is 1.